The first kappa shape index (κ1) is 17.3. The maximum absolute atomic E-state index is 11.8. The number of hydrogen-bond donors (Lipinski definition) is 2. The summed E-state index contributed by atoms with van der Waals surface area (Å²) >= 11 is 0. The second-order valence-electron chi connectivity index (χ2n) is 4.10. The lowest BCUT2D eigenvalue weighted by Crippen LogP contribution is -2.42. The molecule has 1 aromatic rings. The summed E-state index contributed by atoms with van der Waals surface area (Å²) in [7, 11) is 1.45. The lowest BCUT2D eigenvalue weighted by molar-refractivity contribution is -0.129. The maximum Gasteiger partial charge on any atom is 0.338 e. The van der Waals surface area contributed by atoms with Crippen molar-refractivity contribution in [2.24, 2.45) is 0 Å². The largest absolute Gasteiger partial charge is 0.493 e. The van der Waals surface area contributed by atoms with E-state index in [1.54, 1.807) is 6.07 Å². The number of amides is 2. The molecule has 0 saturated heterocycles. The number of nitrogens with one attached hydrogen (secondary N) is 2. The van der Waals surface area contributed by atoms with Crippen LogP contribution in [0.25, 0.3) is 0 Å². The van der Waals surface area contributed by atoms with Crippen molar-refractivity contribution >= 4 is 17.8 Å². The molecule has 0 aliphatic rings. The zero-order valence-corrected chi connectivity index (χ0v) is 12.6. The number of hydrogen-bond acceptors (Lipinski definition) is 6. The summed E-state index contributed by atoms with van der Waals surface area (Å²) in [5.74, 6) is -0.888. The van der Waals surface area contributed by atoms with Crippen LogP contribution in [0.3, 0.4) is 0 Å². The number of ether oxygens (including phenoxy) is 3. The normalized spacial score (nSPS) is 9.59. The summed E-state index contributed by atoms with van der Waals surface area (Å²) in [6.07, 6.45) is 0. The topological polar surface area (TPSA) is 103 Å². The zero-order chi connectivity index (χ0) is 16.5. The Bertz CT molecular complexity index is 558. The first-order chi connectivity index (χ1) is 10.5. The highest BCUT2D eigenvalue weighted by Gasteiger charge is 2.13. The molecule has 0 fully saturated rings. The first-order valence-corrected chi connectivity index (χ1v) is 6.51. The number of hydrazine groups is 1. The third kappa shape index (κ3) is 5.31. The molecule has 0 unspecified atom stereocenters. The minimum absolute atomic E-state index is 0.215. The molecule has 8 nitrogen and oxygen atoms in total. The Balaban J connectivity index is 2.62. The quantitative estimate of drug-likeness (QED) is 0.583. The highest BCUT2D eigenvalue weighted by molar-refractivity contribution is 5.92. The third-order valence-corrected chi connectivity index (χ3v) is 2.41. The van der Waals surface area contributed by atoms with Gasteiger partial charge in [-0.1, -0.05) is 0 Å². The van der Waals surface area contributed by atoms with Crippen molar-refractivity contribution < 1.29 is 28.6 Å². The van der Waals surface area contributed by atoms with Crippen LogP contribution in [0.1, 0.15) is 24.2 Å². The van der Waals surface area contributed by atoms with Gasteiger partial charge in [-0.2, -0.15) is 0 Å². The first-order valence-electron chi connectivity index (χ1n) is 6.51. The fraction of sp³-hybridized carbons (Fsp3) is 0.357. The van der Waals surface area contributed by atoms with Crippen LogP contribution in [-0.2, 0) is 14.3 Å². The van der Waals surface area contributed by atoms with Crippen molar-refractivity contribution in [3.8, 4) is 11.5 Å². The van der Waals surface area contributed by atoms with Gasteiger partial charge in [0.25, 0.3) is 5.91 Å². The van der Waals surface area contributed by atoms with E-state index in [2.05, 4.69) is 10.9 Å². The fourth-order valence-electron chi connectivity index (χ4n) is 1.48. The molecule has 120 valence electrons. The van der Waals surface area contributed by atoms with Crippen molar-refractivity contribution in [1.82, 2.24) is 10.9 Å². The van der Waals surface area contributed by atoms with Gasteiger partial charge in [0.05, 0.1) is 19.3 Å². The van der Waals surface area contributed by atoms with Crippen LogP contribution < -0.4 is 20.3 Å². The molecule has 0 aliphatic carbocycles. The third-order valence-electron chi connectivity index (χ3n) is 2.41. The Morgan fingerprint density at radius 2 is 1.86 bits per heavy atom. The summed E-state index contributed by atoms with van der Waals surface area (Å²) in [4.78, 5) is 33.7. The smallest absolute Gasteiger partial charge is 0.338 e. The van der Waals surface area contributed by atoms with Gasteiger partial charge < -0.3 is 14.2 Å². The molecular weight excluding hydrogens is 292 g/mol. The van der Waals surface area contributed by atoms with Crippen molar-refractivity contribution in [2.45, 2.75) is 13.8 Å². The average Bonchev–Trinajstić information content (AvgIpc) is 2.51. The van der Waals surface area contributed by atoms with Gasteiger partial charge in [0.2, 0.25) is 5.91 Å². The van der Waals surface area contributed by atoms with Crippen molar-refractivity contribution in [3.05, 3.63) is 23.8 Å². The van der Waals surface area contributed by atoms with E-state index in [1.807, 2.05) is 6.92 Å². The second-order valence-corrected chi connectivity index (χ2v) is 4.10. The van der Waals surface area contributed by atoms with Gasteiger partial charge in [-0.15, -0.1) is 0 Å². The van der Waals surface area contributed by atoms with Crippen molar-refractivity contribution in [1.29, 1.82) is 0 Å². The standard InChI is InChI=1S/C14H18N2O6/c1-4-21-11-6-5-10(7-12(11)20-3)14(19)22-8-13(18)16-15-9(2)17/h5-7H,4,8H2,1-3H3,(H,15,17)(H,16,18). The highest BCUT2D eigenvalue weighted by Crippen LogP contribution is 2.28. The molecule has 0 bridgehead atoms. The Morgan fingerprint density at radius 3 is 2.45 bits per heavy atom. The number of benzene rings is 1. The molecule has 0 aromatic heterocycles. The number of methoxy groups -OCH3 is 1. The van der Waals surface area contributed by atoms with Gasteiger partial charge in [-0.05, 0) is 25.1 Å². The molecule has 0 atom stereocenters. The van der Waals surface area contributed by atoms with Crippen LogP contribution in [0.4, 0.5) is 0 Å². The molecule has 22 heavy (non-hydrogen) atoms. The van der Waals surface area contributed by atoms with Gasteiger partial charge in [0, 0.05) is 6.92 Å². The summed E-state index contributed by atoms with van der Waals surface area (Å²) in [5.41, 5.74) is 4.37. The zero-order valence-electron chi connectivity index (χ0n) is 12.6. The Morgan fingerprint density at radius 1 is 1.14 bits per heavy atom. The molecule has 8 heteroatoms. The molecule has 0 aliphatic heterocycles. The van der Waals surface area contributed by atoms with Crippen LogP contribution in [0, 0.1) is 0 Å². The molecular formula is C14H18N2O6. The van der Waals surface area contributed by atoms with E-state index in [9.17, 15) is 14.4 Å². The van der Waals surface area contributed by atoms with Crippen molar-refractivity contribution in [3.63, 3.8) is 0 Å². The molecule has 1 rings (SSSR count). The summed E-state index contributed by atoms with van der Waals surface area (Å²) in [6, 6.07) is 4.54. The van der Waals surface area contributed by atoms with Crippen molar-refractivity contribution in [2.75, 3.05) is 20.3 Å². The summed E-state index contributed by atoms with van der Waals surface area (Å²) in [6.45, 7) is 3.01. The molecule has 1 aromatic carbocycles. The molecule has 0 saturated carbocycles. The minimum atomic E-state index is -0.695. The van der Waals surface area contributed by atoms with E-state index in [4.69, 9.17) is 14.2 Å². The monoisotopic (exact) mass is 310 g/mol. The van der Waals surface area contributed by atoms with Crippen LogP contribution >= 0.6 is 0 Å². The molecule has 0 spiro atoms. The predicted molar refractivity (Wildman–Crippen MR) is 76.4 cm³/mol. The molecule has 0 heterocycles. The van der Waals surface area contributed by atoms with Gasteiger partial charge in [-0.3, -0.25) is 20.4 Å². The van der Waals surface area contributed by atoms with E-state index in [0.29, 0.717) is 18.1 Å². The number of esters is 1. The lowest BCUT2D eigenvalue weighted by Gasteiger charge is -2.11. The van der Waals surface area contributed by atoms with Crippen LogP contribution in [0.5, 0.6) is 11.5 Å². The number of rotatable bonds is 6. The number of carbonyl (C=O) groups is 3. The number of carbonyl (C=O) groups excluding carboxylic acids is 3. The van der Waals surface area contributed by atoms with E-state index < -0.39 is 24.4 Å². The Labute approximate surface area is 127 Å². The van der Waals surface area contributed by atoms with E-state index in [-0.39, 0.29) is 5.56 Å². The minimum Gasteiger partial charge on any atom is -0.493 e. The van der Waals surface area contributed by atoms with Crippen LogP contribution in [-0.4, -0.2) is 38.1 Å². The van der Waals surface area contributed by atoms with Gasteiger partial charge in [0.15, 0.2) is 18.1 Å². The fourth-order valence-corrected chi connectivity index (χ4v) is 1.48. The van der Waals surface area contributed by atoms with E-state index in [0.717, 1.165) is 0 Å². The molecule has 2 amide bonds. The average molecular weight is 310 g/mol. The predicted octanol–water partition coefficient (Wildman–Crippen LogP) is 0.418. The van der Waals surface area contributed by atoms with E-state index in [1.165, 1.54) is 26.2 Å². The Hall–Kier alpha value is -2.77. The molecule has 2 N–H and O–H groups in total. The summed E-state index contributed by atoms with van der Waals surface area (Å²) in [5, 5.41) is 0. The van der Waals surface area contributed by atoms with Gasteiger partial charge >= 0.3 is 5.97 Å². The summed E-state index contributed by atoms with van der Waals surface area (Å²) < 4.78 is 15.3. The van der Waals surface area contributed by atoms with Crippen LogP contribution in [0.15, 0.2) is 18.2 Å². The van der Waals surface area contributed by atoms with E-state index >= 15 is 0 Å². The Kier molecular flexibility index (Phi) is 6.68. The SMILES string of the molecule is CCOc1ccc(C(=O)OCC(=O)NNC(C)=O)cc1OC. The lowest BCUT2D eigenvalue weighted by atomic mass is 10.2. The second kappa shape index (κ2) is 8.50. The molecule has 0 radical (unpaired) electrons. The van der Waals surface area contributed by atoms with Gasteiger partial charge in [-0.25, -0.2) is 4.79 Å². The highest BCUT2D eigenvalue weighted by atomic mass is 16.5. The van der Waals surface area contributed by atoms with Crippen LogP contribution in [0.2, 0.25) is 0 Å². The maximum atomic E-state index is 11.8. The van der Waals surface area contributed by atoms with Gasteiger partial charge in [0.1, 0.15) is 0 Å².